The summed E-state index contributed by atoms with van der Waals surface area (Å²) >= 11 is 3.87. The summed E-state index contributed by atoms with van der Waals surface area (Å²) in [5, 5.41) is 3.11. The number of para-hydroxylation sites is 1. The lowest BCUT2D eigenvalue weighted by molar-refractivity contribution is 0.252. The van der Waals surface area contributed by atoms with Gasteiger partial charge in [-0.15, -0.1) is 0 Å². The first kappa shape index (κ1) is 13.3. The second kappa shape index (κ2) is 6.15. The van der Waals surface area contributed by atoms with E-state index in [1.165, 1.54) is 0 Å². The van der Waals surface area contributed by atoms with Gasteiger partial charge >= 0.3 is 0 Å². The highest BCUT2D eigenvalue weighted by Gasteiger charge is 2.10. The van der Waals surface area contributed by atoms with E-state index >= 15 is 0 Å². The number of anilines is 2. The van der Waals surface area contributed by atoms with E-state index in [4.69, 9.17) is 0 Å². The summed E-state index contributed by atoms with van der Waals surface area (Å²) in [5.74, 6) is -2.44. The maximum atomic E-state index is 12.4. The molecule has 0 bridgehead atoms. The largest absolute Gasteiger partial charge is 0.354 e. The minimum atomic E-state index is -2.44. The van der Waals surface area contributed by atoms with Crippen LogP contribution in [0, 0.1) is 0 Å². The summed E-state index contributed by atoms with van der Waals surface area (Å²) < 4.78 is 25.6. The van der Waals surface area contributed by atoms with Gasteiger partial charge in [-0.3, -0.25) is 4.98 Å². The Balaban J connectivity index is 2.26. The van der Waals surface area contributed by atoms with Crippen LogP contribution in [0.1, 0.15) is 0 Å². The first-order valence-corrected chi connectivity index (χ1v) is 6.74. The second-order valence-corrected chi connectivity index (χ2v) is 5.24. The molecule has 0 aliphatic rings. The molecule has 94 valence electrons. The molecule has 0 aliphatic carbocycles. The third-order valence-electron chi connectivity index (χ3n) is 2.14. The van der Waals surface area contributed by atoms with Gasteiger partial charge in [0, 0.05) is 17.3 Å². The van der Waals surface area contributed by atoms with E-state index in [1.54, 1.807) is 42.7 Å². The number of aromatic nitrogens is 1. The van der Waals surface area contributed by atoms with Crippen molar-refractivity contribution in [2.75, 3.05) is 5.32 Å². The first-order valence-electron chi connectivity index (χ1n) is 5.07. The van der Waals surface area contributed by atoms with Crippen LogP contribution < -0.4 is 5.32 Å². The monoisotopic (exact) mass is 330 g/mol. The number of hydrogen-bond donors (Lipinski definition) is 1. The lowest BCUT2D eigenvalue weighted by Crippen LogP contribution is -1.94. The van der Waals surface area contributed by atoms with Gasteiger partial charge in [-0.1, -0.05) is 23.9 Å². The SMILES string of the molecule is FC(F)Sc1ccccc1Nc1ccncc1Br. The lowest BCUT2D eigenvalue weighted by atomic mass is 10.3. The van der Waals surface area contributed by atoms with E-state index in [9.17, 15) is 8.78 Å². The highest BCUT2D eigenvalue weighted by molar-refractivity contribution is 9.10. The van der Waals surface area contributed by atoms with Gasteiger partial charge in [0.15, 0.2) is 0 Å². The van der Waals surface area contributed by atoms with Crippen molar-refractivity contribution in [1.82, 2.24) is 4.98 Å². The van der Waals surface area contributed by atoms with E-state index in [1.807, 2.05) is 0 Å². The van der Waals surface area contributed by atoms with Crippen molar-refractivity contribution in [1.29, 1.82) is 0 Å². The molecule has 1 heterocycles. The third-order valence-corrected chi connectivity index (χ3v) is 3.56. The van der Waals surface area contributed by atoms with Crippen molar-refractivity contribution in [2.45, 2.75) is 10.7 Å². The molecule has 2 rings (SSSR count). The van der Waals surface area contributed by atoms with Crippen LogP contribution in [0.3, 0.4) is 0 Å². The summed E-state index contributed by atoms with van der Waals surface area (Å²) in [6, 6.07) is 8.73. The predicted molar refractivity (Wildman–Crippen MR) is 73.5 cm³/mol. The number of benzene rings is 1. The summed E-state index contributed by atoms with van der Waals surface area (Å²) in [6.45, 7) is 0. The van der Waals surface area contributed by atoms with E-state index < -0.39 is 5.76 Å². The minimum absolute atomic E-state index is 0.510. The smallest absolute Gasteiger partial charge is 0.288 e. The van der Waals surface area contributed by atoms with Crippen molar-refractivity contribution >= 4 is 39.1 Å². The van der Waals surface area contributed by atoms with Gasteiger partial charge in [0.25, 0.3) is 5.76 Å². The Labute approximate surface area is 116 Å². The van der Waals surface area contributed by atoms with Crippen molar-refractivity contribution in [2.24, 2.45) is 0 Å². The zero-order chi connectivity index (χ0) is 13.0. The average Bonchev–Trinajstić information content (AvgIpc) is 2.34. The van der Waals surface area contributed by atoms with Gasteiger partial charge < -0.3 is 5.32 Å². The Morgan fingerprint density at radius 3 is 2.67 bits per heavy atom. The van der Waals surface area contributed by atoms with Gasteiger partial charge in [0.2, 0.25) is 0 Å². The Morgan fingerprint density at radius 2 is 1.94 bits per heavy atom. The van der Waals surface area contributed by atoms with Crippen LogP contribution in [-0.2, 0) is 0 Å². The van der Waals surface area contributed by atoms with Crippen molar-refractivity contribution in [3.8, 4) is 0 Å². The highest BCUT2D eigenvalue weighted by atomic mass is 79.9. The molecule has 6 heteroatoms. The molecular formula is C12H9BrF2N2S. The predicted octanol–water partition coefficient (Wildman–Crippen LogP) is 4.90. The standard InChI is InChI=1S/C12H9BrF2N2S/c13-8-7-16-6-5-9(8)17-10-3-1-2-4-11(10)18-12(14)15/h1-7,12H,(H,16,17). The second-order valence-electron chi connectivity index (χ2n) is 3.36. The van der Waals surface area contributed by atoms with Crippen LogP contribution in [0.5, 0.6) is 0 Å². The van der Waals surface area contributed by atoms with E-state index in [0.717, 1.165) is 10.2 Å². The summed E-state index contributed by atoms with van der Waals surface area (Å²) in [5.41, 5.74) is 1.43. The molecule has 0 aliphatic heterocycles. The molecule has 0 amide bonds. The molecule has 0 spiro atoms. The fraction of sp³-hybridized carbons (Fsp3) is 0.0833. The van der Waals surface area contributed by atoms with Crippen LogP contribution in [0.25, 0.3) is 0 Å². The van der Waals surface area contributed by atoms with Crippen molar-refractivity contribution in [3.05, 3.63) is 47.2 Å². The van der Waals surface area contributed by atoms with Gasteiger partial charge in [0.1, 0.15) is 0 Å². The number of alkyl halides is 2. The van der Waals surface area contributed by atoms with Gasteiger partial charge in [-0.2, -0.15) is 8.78 Å². The van der Waals surface area contributed by atoms with Crippen molar-refractivity contribution in [3.63, 3.8) is 0 Å². The number of halogens is 3. The lowest BCUT2D eigenvalue weighted by Gasteiger charge is -2.12. The number of thioether (sulfide) groups is 1. The molecule has 1 N–H and O–H groups in total. The average molecular weight is 331 g/mol. The number of nitrogens with zero attached hydrogens (tertiary/aromatic N) is 1. The van der Waals surface area contributed by atoms with Crippen LogP contribution >= 0.6 is 27.7 Å². The van der Waals surface area contributed by atoms with Gasteiger partial charge in [-0.05, 0) is 34.1 Å². The van der Waals surface area contributed by atoms with Gasteiger partial charge in [0.05, 0.1) is 15.8 Å². The van der Waals surface area contributed by atoms with Crippen LogP contribution in [0.2, 0.25) is 0 Å². The summed E-state index contributed by atoms with van der Waals surface area (Å²) in [7, 11) is 0. The Bertz CT molecular complexity index is 537. The molecule has 1 aromatic carbocycles. The van der Waals surface area contributed by atoms with E-state index in [-0.39, 0.29) is 0 Å². The fourth-order valence-electron chi connectivity index (χ4n) is 1.39. The molecule has 0 radical (unpaired) electrons. The minimum Gasteiger partial charge on any atom is -0.354 e. The van der Waals surface area contributed by atoms with Crippen molar-refractivity contribution < 1.29 is 8.78 Å². The van der Waals surface area contributed by atoms with E-state index in [2.05, 4.69) is 26.2 Å². The first-order chi connectivity index (χ1) is 8.66. The van der Waals surface area contributed by atoms with Gasteiger partial charge in [-0.25, -0.2) is 0 Å². The molecule has 0 atom stereocenters. The summed E-state index contributed by atoms with van der Waals surface area (Å²) in [6.07, 6.45) is 3.28. The Morgan fingerprint density at radius 1 is 1.17 bits per heavy atom. The molecule has 2 nitrogen and oxygen atoms in total. The highest BCUT2D eigenvalue weighted by Crippen LogP contribution is 2.34. The zero-order valence-corrected chi connectivity index (χ0v) is 11.5. The van der Waals surface area contributed by atoms with Crippen LogP contribution in [-0.4, -0.2) is 10.7 Å². The molecule has 1 aromatic heterocycles. The number of nitrogens with one attached hydrogen (secondary N) is 1. The Kier molecular flexibility index (Phi) is 4.54. The maximum Gasteiger partial charge on any atom is 0.288 e. The number of hydrogen-bond acceptors (Lipinski definition) is 3. The fourth-order valence-corrected chi connectivity index (χ4v) is 2.33. The third kappa shape index (κ3) is 3.43. The number of pyridine rings is 1. The quantitative estimate of drug-likeness (QED) is 0.807. The van der Waals surface area contributed by atoms with Crippen LogP contribution in [0.4, 0.5) is 20.2 Å². The number of rotatable bonds is 4. The molecule has 0 unspecified atom stereocenters. The molecule has 0 saturated carbocycles. The summed E-state index contributed by atoms with van der Waals surface area (Å²) in [4.78, 5) is 4.46. The molecule has 0 fully saturated rings. The molecule has 2 aromatic rings. The normalized spacial score (nSPS) is 10.7. The topological polar surface area (TPSA) is 24.9 Å². The molecule has 18 heavy (non-hydrogen) atoms. The zero-order valence-electron chi connectivity index (χ0n) is 9.11. The molecule has 0 saturated heterocycles. The van der Waals surface area contributed by atoms with Crippen LogP contribution in [0.15, 0.2) is 52.1 Å². The molecular weight excluding hydrogens is 322 g/mol. The Hall–Kier alpha value is -1.14. The maximum absolute atomic E-state index is 12.4. The van der Waals surface area contributed by atoms with E-state index in [0.29, 0.717) is 22.3 Å².